The van der Waals surface area contributed by atoms with Gasteiger partial charge in [-0.1, -0.05) is 192 Å². The number of hydrogen-bond donors (Lipinski definition) is 0. The molecule has 0 bridgehead atoms. The number of benzene rings is 6. The SMILES string of the molecule is CCc1[c]c(CC)ccc1.CCc1[c]c(CC)ccc1.CCc1[c]c(CC)ccc1.CCc1[c]c(CC)ccc1.CCc1[c]c(CC)ccc1.CCc1[c]c(CC)ccc1.[HH].[HH].[Sn].[Sn].[Sn].[Sn].[Sn]. The fraction of sp³-hybridized carbons (Fsp3) is 0.400. The van der Waals surface area contributed by atoms with Crippen LogP contribution in [0.3, 0.4) is 0 Å². The van der Waals surface area contributed by atoms with Crippen LogP contribution >= 0.6 is 0 Å². The summed E-state index contributed by atoms with van der Waals surface area (Å²) in [5.41, 5.74) is 15.8. The maximum Gasteiger partial charge on any atom is 0 e. The van der Waals surface area contributed by atoms with Crippen molar-refractivity contribution in [2.45, 2.75) is 160 Å². The Kier molecular flexibility index (Phi) is 54.5. The summed E-state index contributed by atoms with van der Waals surface area (Å²) < 4.78 is 0. The van der Waals surface area contributed by atoms with Crippen LogP contribution in [0.5, 0.6) is 0 Å². The van der Waals surface area contributed by atoms with Gasteiger partial charge in [0.1, 0.15) is 0 Å². The molecular weight excluding hydrogens is 1310 g/mol. The van der Waals surface area contributed by atoms with E-state index in [9.17, 15) is 0 Å². The Morgan fingerprint density at radius 3 is 0.338 bits per heavy atom. The van der Waals surface area contributed by atoms with Gasteiger partial charge in [0.15, 0.2) is 0 Å². The fourth-order valence-electron chi connectivity index (χ4n) is 5.89. The maximum atomic E-state index is 3.34. The standard InChI is InChI=1S/6C10H13.5Sn.2H2/c6*1-3-9-6-5-7-10(4-2)8-9;;;;;;;/h6*5-7H,3-4H2,1-2H3;;;;;;2*1H. The van der Waals surface area contributed by atoms with Crippen molar-refractivity contribution in [3.63, 3.8) is 0 Å². The number of aryl methyl sites for hydroxylation is 12. The molecule has 0 N–H and O–H groups in total. The van der Waals surface area contributed by atoms with Gasteiger partial charge in [-0.05, 0) is 180 Å². The van der Waals surface area contributed by atoms with Gasteiger partial charge in [-0.2, -0.15) is 0 Å². The molecule has 0 fully saturated rings. The van der Waals surface area contributed by atoms with Gasteiger partial charge < -0.3 is 0 Å². The Labute approximate surface area is 489 Å². The molecule has 0 spiro atoms. The molecule has 0 aliphatic heterocycles. The summed E-state index contributed by atoms with van der Waals surface area (Å²) in [5, 5.41) is 0. The summed E-state index contributed by atoms with van der Waals surface area (Å²) in [7, 11) is 0. The number of rotatable bonds is 12. The molecule has 0 nitrogen and oxygen atoms in total. The van der Waals surface area contributed by atoms with E-state index >= 15 is 0 Å². The zero-order valence-corrected chi connectivity index (χ0v) is 56.6. The van der Waals surface area contributed by atoms with Crippen molar-refractivity contribution in [2.24, 2.45) is 0 Å². The molecule has 0 saturated heterocycles. The van der Waals surface area contributed by atoms with Crippen LogP contribution in [0, 0.1) is 36.4 Å². The van der Waals surface area contributed by atoms with E-state index in [1.807, 2.05) is 0 Å². The average molecular weight is 1400 g/mol. The van der Waals surface area contributed by atoms with E-state index in [4.69, 9.17) is 0 Å². The smallest absolute Gasteiger partial charge is 0 e. The second-order valence-electron chi connectivity index (χ2n) is 14.5. The van der Waals surface area contributed by atoms with Gasteiger partial charge in [-0.25, -0.2) is 0 Å². The molecular formula is C60H82Sn5. The van der Waals surface area contributed by atoms with Crippen molar-refractivity contribution < 1.29 is 2.85 Å². The molecule has 5 heteroatoms. The molecule has 0 heterocycles. The summed E-state index contributed by atoms with van der Waals surface area (Å²) in [5.74, 6) is 0. The van der Waals surface area contributed by atoms with Crippen molar-refractivity contribution in [1.82, 2.24) is 0 Å². The largest absolute Gasteiger partial charge is 0.0617 e. The van der Waals surface area contributed by atoms with Gasteiger partial charge in [-0.15, -0.1) is 0 Å². The Morgan fingerprint density at radius 1 is 0.200 bits per heavy atom. The normalized spacial score (nSPS) is 9.05. The molecule has 6 aromatic rings. The van der Waals surface area contributed by atoms with E-state index in [0.29, 0.717) is 0 Å². The van der Waals surface area contributed by atoms with Crippen LogP contribution < -0.4 is 0 Å². The first-order chi connectivity index (χ1) is 29.2. The molecule has 0 saturated carbocycles. The molecule has 6 aromatic carbocycles. The quantitative estimate of drug-likeness (QED) is 0.107. The van der Waals surface area contributed by atoms with Crippen LogP contribution in [0.25, 0.3) is 0 Å². The fourth-order valence-corrected chi connectivity index (χ4v) is 5.89. The topological polar surface area (TPSA) is 0 Å². The predicted molar refractivity (Wildman–Crippen MR) is 297 cm³/mol. The van der Waals surface area contributed by atoms with Crippen molar-refractivity contribution in [1.29, 1.82) is 0 Å². The van der Waals surface area contributed by atoms with Gasteiger partial charge in [-0.3, -0.25) is 0 Å². The zero-order chi connectivity index (χ0) is 44.4. The molecule has 65 heavy (non-hydrogen) atoms. The third-order valence-corrected chi connectivity index (χ3v) is 10.1. The van der Waals surface area contributed by atoms with Crippen LogP contribution in [0.2, 0.25) is 0 Å². The van der Waals surface area contributed by atoms with Gasteiger partial charge in [0.05, 0.1) is 0 Å². The maximum absolute atomic E-state index is 3.34. The molecule has 342 valence electrons. The van der Waals surface area contributed by atoms with E-state index < -0.39 is 0 Å². The van der Waals surface area contributed by atoms with Crippen LogP contribution in [0.1, 0.15) is 153 Å². The molecule has 0 unspecified atom stereocenters. The first kappa shape index (κ1) is 73.3. The number of hydrogen-bond acceptors (Lipinski definition) is 0. The Hall–Kier alpha value is -0.686. The third kappa shape index (κ3) is 34.3. The summed E-state index contributed by atoms with van der Waals surface area (Å²) in [6.07, 6.45) is 13.1. The minimum atomic E-state index is 0. The molecule has 0 amide bonds. The van der Waals surface area contributed by atoms with Gasteiger partial charge in [0.2, 0.25) is 0 Å². The second-order valence-corrected chi connectivity index (χ2v) is 14.5. The summed E-state index contributed by atoms with van der Waals surface area (Å²) in [4.78, 5) is 0. The summed E-state index contributed by atoms with van der Waals surface area (Å²) >= 11 is 0. The van der Waals surface area contributed by atoms with Crippen molar-refractivity contribution in [2.75, 3.05) is 0 Å². The minimum Gasteiger partial charge on any atom is -0.0617 e. The second kappa shape index (κ2) is 48.3. The Bertz CT molecular complexity index is 1500. The van der Waals surface area contributed by atoms with Crippen LogP contribution in [0.15, 0.2) is 109 Å². The minimum absolute atomic E-state index is 0. The van der Waals surface area contributed by atoms with Gasteiger partial charge in [0.25, 0.3) is 0 Å². The van der Waals surface area contributed by atoms with E-state index in [-0.39, 0.29) is 122 Å². The third-order valence-electron chi connectivity index (χ3n) is 10.1. The Balaban J connectivity index is -0.000000126. The van der Waals surface area contributed by atoms with Gasteiger partial charge >= 0.3 is 0 Å². The van der Waals surface area contributed by atoms with E-state index in [2.05, 4.69) is 229 Å². The monoisotopic (exact) mass is 1400 g/mol. The van der Waals surface area contributed by atoms with E-state index in [1.54, 1.807) is 0 Å². The summed E-state index contributed by atoms with van der Waals surface area (Å²) in [6, 6.07) is 58.2. The molecule has 0 aliphatic rings. The average Bonchev–Trinajstić information content (AvgIpc) is 3.34. The molecule has 26 radical (unpaired) electrons. The first-order valence-electron chi connectivity index (χ1n) is 23.2. The molecule has 6 rings (SSSR count). The Morgan fingerprint density at radius 2 is 0.277 bits per heavy atom. The van der Waals surface area contributed by atoms with E-state index in [0.717, 1.165) is 77.0 Å². The van der Waals surface area contributed by atoms with Crippen LogP contribution in [0.4, 0.5) is 0 Å². The zero-order valence-electron chi connectivity index (χ0n) is 42.4. The summed E-state index contributed by atoms with van der Waals surface area (Å²) in [6.45, 7) is 25.9. The first-order valence-corrected chi connectivity index (χ1v) is 23.2. The predicted octanol–water partition coefficient (Wildman–Crippen LogP) is 14.3. The van der Waals surface area contributed by atoms with E-state index in [1.165, 1.54) is 66.8 Å². The van der Waals surface area contributed by atoms with Gasteiger partial charge in [0, 0.05) is 122 Å². The van der Waals surface area contributed by atoms with Crippen LogP contribution in [-0.4, -0.2) is 120 Å². The molecule has 0 atom stereocenters. The molecule has 0 aliphatic carbocycles. The van der Waals surface area contributed by atoms with Crippen LogP contribution in [-0.2, 0) is 77.0 Å². The van der Waals surface area contributed by atoms with Crippen molar-refractivity contribution >= 4 is 120 Å². The van der Waals surface area contributed by atoms with Crippen molar-refractivity contribution in [3.8, 4) is 0 Å². The van der Waals surface area contributed by atoms with Crippen molar-refractivity contribution in [3.05, 3.63) is 212 Å². The molecule has 0 aromatic heterocycles.